The Morgan fingerprint density at radius 1 is 1.53 bits per heavy atom. The number of carbonyl (C=O) groups is 1. The summed E-state index contributed by atoms with van der Waals surface area (Å²) in [5.41, 5.74) is 3.45. The van der Waals surface area contributed by atoms with E-state index in [0.717, 1.165) is 23.3 Å². The van der Waals surface area contributed by atoms with E-state index >= 15 is 0 Å². The van der Waals surface area contributed by atoms with Crippen LogP contribution in [-0.4, -0.2) is 31.3 Å². The van der Waals surface area contributed by atoms with E-state index in [1.54, 1.807) is 6.20 Å². The fourth-order valence-electron chi connectivity index (χ4n) is 1.87. The molecule has 0 amide bonds. The molecule has 0 N–H and O–H groups in total. The summed E-state index contributed by atoms with van der Waals surface area (Å²) in [5.74, 6) is -0.347. The summed E-state index contributed by atoms with van der Waals surface area (Å²) in [4.78, 5) is 15.8. The van der Waals surface area contributed by atoms with Gasteiger partial charge in [0.05, 0.1) is 25.9 Å². The van der Waals surface area contributed by atoms with Crippen LogP contribution in [0.15, 0.2) is 18.3 Å². The van der Waals surface area contributed by atoms with Gasteiger partial charge in [-0.05, 0) is 30.5 Å². The zero-order chi connectivity index (χ0) is 12.3. The predicted molar refractivity (Wildman–Crippen MR) is 63.7 cm³/mol. The first-order chi connectivity index (χ1) is 8.22. The molecule has 2 heterocycles. The molecule has 0 aromatic carbocycles. The number of hydrogen-bond acceptors (Lipinski definition) is 4. The first-order valence-corrected chi connectivity index (χ1v) is 5.54. The Morgan fingerprint density at radius 2 is 2.35 bits per heavy atom. The van der Waals surface area contributed by atoms with E-state index in [9.17, 15) is 4.79 Å². The molecule has 0 unspecified atom stereocenters. The van der Waals surface area contributed by atoms with Crippen molar-refractivity contribution < 1.29 is 14.3 Å². The number of hydrogen-bond donors (Lipinski definition) is 0. The Morgan fingerprint density at radius 3 is 3.00 bits per heavy atom. The molecule has 0 fully saturated rings. The number of carbonyl (C=O) groups excluding carboxylic acids is 1. The number of aromatic nitrogens is 1. The van der Waals surface area contributed by atoms with Crippen LogP contribution in [0.4, 0.5) is 0 Å². The van der Waals surface area contributed by atoms with Crippen LogP contribution in [0, 0.1) is 6.92 Å². The third kappa shape index (κ3) is 2.53. The largest absolute Gasteiger partial charge is 0.465 e. The minimum Gasteiger partial charge on any atom is -0.465 e. The van der Waals surface area contributed by atoms with Gasteiger partial charge in [0.1, 0.15) is 0 Å². The van der Waals surface area contributed by atoms with Crippen LogP contribution in [0.25, 0.3) is 5.57 Å². The number of rotatable bonds is 2. The van der Waals surface area contributed by atoms with Crippen LogP contribution in [0.1, 0.15) is 28.0 Å². The Bertz CT molecular complexity index is 466. The molecule has 1 aliphatic heterocycles. The summed E-state index contributed by atoms with van der Waals surface area (Å²) >= 11 is 0. The summed E-state index contributed by atoms with van der Waals surface area (Å²) in [6, 6.07) is 1.92. The van der Waals surface area contributed by atoms with Crippen LogP contribution in [0.3, 0.4) is 0 Å². The van der Waals surface area contributed by atoms with Crippen molar-refractivity contribution in [2.24, 2.45) is 0 Å². The van der Waals surface area contributed by atoms with Crippen molar-refractivity contribution in [1.82, 2.24) is 4.98 Å². The predicted octanol–water partition coefficient (Wildman–Crippen LogP) is 1.98. The number of ether oxygens (including phenoxy) is 2. The van der Waals surface area contributed by atoms with Gasteiger partial charge in [0.2, 0.25) is 0 Å². The number of esters is 1. The Hall–Kier alpha value is -1.68. The zero-order valence-corrected chi connectivity index (χ0v) is 10.0. The van der Waals surface area contributed by atoms with Crippen molar-refractivity contribution >= 4 is 11.5 Å². The highest BCUT2D eigenvalue weighted by atomic mass is 16.5. The van der Waals surface area contributed by atoms with Crippen molar-refractivity contribution in [2.75, 3.05) is 20.3 Å². The van der Waals surface area contributed by atoms with Gasteiger partial charge in [0.15, 0.2) is 0 Å². The summed E-state index contributed by atoms with van der Waals surface area (Å²) in [5, 5.41) is 0. The first-order valence-electron chi connectivity index (χ1n) is 5.54. The minimum atomic E-state index is -0.347. The summed E-state index contributed by atoms with van der Waals surface area (Å²) in [7, 11) is 1.38. The smallest absolute Gasteiger partial charge is 0.340 e. The van der Waals surface area contributed by atoms with Gasteiger partial charge >= 0.3 is 5.97 Å². The van der Waals surface area contributed by atoms with Gasteiger partial charge in [-0.25, -0.2) is 4.79 Å². The normalized spacial score (nSPS) is 15.3. The van der Waals surface area contributed by atoms with Crippen LogP contribution < -0.4 is 0 Å². The maximum absolute atomic E-state index is 11.7. The number of nitrogens with zero attached hydrogens (tertiary/aromatic N) is 1. The summed E-state index contributed by atoms with van der Waals surface area (Å²) < 4.78 is 10.0. The topological polar surface area (TPSA) is 48.4 Å². The van der Waals surface area contributed by atoms with Crippen LogP contribution in [-0.2, 0) is 9.47 Å². The molecule has 2 rings (SSSR count). The minimum absolute atomic E-state index is 0.347. The third-order valence-electron chi connectivity index (χ3n) is 2.76. The molecule has 1 aromatic rings. The van der Waals surface area contributed by atoms with E-state index < -0.39 is 0 Å². The Labute approximate surface area is 100 Å². The lowest BCUT2D eigenvalue weighted by atomic mass is 9.97. The van der Waals surface area contributed by atoms with E-state index in [1.807, 2.05) is 19.1 Å². The molecule has 0 saturated heterocycles. The van der Waals surface area contributed by atoms with E-state index in [4.69, 9.17) is 9.47 Å². The molecule has 1 aromatic heterocycles. The van der Waals surface area contributed by atoms with Crippen LogP contribution in [0.5, 0.6) is 0 Å². The van der Waals surface area contributed by atoms with E-state index in [1.165, 1.54) is 7.11 Å². The van der Waals surface area contributed by atoms with Crippen molar-refractivity contribution in [1.29, 1.82) is 0 Å². The second kappa shape index (κ2) is 5.10. The Kier molecular flexibility index (Phi) is 3.54. The van der Waals surface area contributed by atoms with Gasteiger partial charge in [-0.1, -0.05) is 6.08 Å². The average molecular weight is 233 g/mol. The van der Waals surface area contributed by atoms with E-state index in [2.05, 4.69) is 4.98 Å². The molecular formula is C13H15NO3. The lowest BCUT2D eigenvalue weighted by molar-refractivity contribution is 0.0599. The number of methoxy groups -OCH3 is 1. The number of aryl methyl sites for hydroxylation is 1. The highest BCUT2D eigenvalue weighted by Gasteiger charge is 2.17. The molecule has 17 heavy (non-hydrogen) atoms. The van der Waals surface area contributed by atoms with Gasteiger partial charge in [-0.15, -0.1) is 0 Å². The number of pyridine rings is 1. The van der Waals surface area contributed by atoms with Crippen molar-refractivity contribution in [3.63, 3.8) is 0 Å². The second-order valence-corrected chi connectivity index (χ2v) is 3.92. The molecule has 0 saturated carbocycles. The molecule has 0 atom stereocenters. The first kappa shape index (κ1) is 11.8. The molecule has 0 aliphatic carbocycles. The fourth-order valence-corrected chi connectivity index (χ4v) is 1.87. The molecule has 0 radical (unpaired) electrons. The SMILES string of the molecule is COC(=O)c1cnc(C)cc1C1=CCOCC1. The van der Waals surface area contributed by atoms with Gasteiger partial charge in [0.25, 0.3) is 0 Å². The van der Waals surface area contributed by atoms with Crippen molar-refractivity contribution in [3.8, 4) is 0 Å². The van der Waals surface area contributed by atoms with Gasteiger partial charge in [0, 0.05) is 11.9 Å². The second-order valence-electron chi connectivity index (χ2n) is 3.92. The summed E-state index contributed by atoms with van der Waals surface area (Å²) in [6.45, 7) is 3.19. The van der Waals surface area contributed by atoms with Crippen LogP contribution >= 0.6 is 0 Å². The summed E-state index contributed by atoms with van der Waals surface area (Å²) in [6.07, 6.45) is 4.39. The lowest BCUT2D eigenvalue weighted by Gasteiger charge is -2.16. The van der Waals surface area contributed by atoms with Gasteiger partial charge in [-0.3, -0.25) is 4.98 Å². The van der Waals surface area contributed by atoms with Crippen molar-refractivity contribution in [3.05, 3.63) is 35.2 Å². The van der Waals surface area contributed by atoms with Crippen LogP contribution in [0.2, 0.25) is 0 Å². The quantitative estimate of drug-likeness (QED) is 0.733. The standard InChI is InChI=1S/C13H15NO3/c1-9-7-11(10-3-5-17-6-4-10)12(8-14-9)13(15)16-2/h3,7-8H,4-6H2,1-2H3. The van der Waals surface area contributed by atoms with Crippen molar-refractivity contribution in [2.45, 2.75) is 13.3 Å². The maximum atomic E-state index is 11.7. The van der Waals surface area contributed by atoms with E-state index in [0.29, 0.717) is 18.8 Å². The molecular weight excluding hydrogens is 218 g/mol. The molecule has 0 bridgehead atoms. The molecule has 4 heteroatoms. The molecule has 1 aliphatic rings. The van der Waals surface area contributed by atoms with E-state index in [-0.39, 0.29) is 5.97 Å². The highest BCUT2D eigenvalue weighted by molar-refractivity contribution is 5.95. The molecule has 0 spiro atoms. The molecule has 4 nitrogen and oxygen atoms in total. The zero-order valence-electron chi connectivity index (χ0n) is 10.0. The fraction of sp³-hybridized carbons (Fsp3) is 0.385. The van der Waals surface area contributed by atoms with Gasteiger partial charge < -0.3 is 9.47 Å². The average Bonchev–Trinajstić information content (AvgIpc) is 2.39. The Balaban J connectivity index is 2.46. The molecule has 90 valence electrons. The monoisotopic (exact) mass is 233 g/mol. The van der Waals surface area contributed by atoms with Gasteiger partial charge in [-0.2, -0.15) is 0 Å². The maximum Gasteiger partial charge on any atom is 0.340 e. The lowest BCUT2D eigenvalue weighted by Crippen LogP contribution is -2.10. The highest BCUT2D eigenvalue weighted by Crippen LogP contribution is 2.25. The third-order valence-corrected chi connectivity index (χ3v) is 2.76.